The molecule has 2 aliphatic rings. The number of amides is 1. The predicted octanol–water partition coefficient (Wildman–Crippen LogP) is 4.14. The van der Waals surface area contributed by atoms with Crippen molar-refractivity contribution in [3.05, 3.63) is 35.8 Å². The Morgan fingerprint density at radius 3 is 2.77 bits per heavy atom. The van der Waals surface area contributed by atoms with Crippen molar-refractivity contribution < 1.29 is 17.9 Å². The van der Waals surface area contributed by atoms with Gasteiger partial charge in [0.1, 0.15) is 4.21 Å². The Morgan fingerprint density at radius 1 is 1.16 bits per heavy atom. The second-order valence-corrected chi connectivity index (χ2v) is 11.4. The molecule has 1 aliphatic carbocycles. The number of carbonyl (C=O) groups is 1. The zero-order chi connectivity index (χ0) is 21.7. The number of aromatic nitrogens is 1. The van der Waals surface area contributed by atoms with Crippen molar-refractivity contribution in [1.82, 2.24) is 9.29 Å². The highest BCUT2D eigenvalue weighted by atomic mass is 32.2. The van der Waals surface area contributed by atoms with Gasteiger partial charge >= 0.3 is 0 Å². The number of anilines is 1. The highest BCUT2D eigenvalue weighted by Crippen LogP contribution is 2.29. The quantitative estimate of drug-likeness (QED) is 0.667. The normalized spacial score (nSPS) is 21.0. The van der Waals surface area contributed by atoms with Gasteiger partial charge in [-0.25, -0.2) is 13.4 Å². The van der Waals surface area contributed by atoms with Gasteiger partial charge in [-0.1, -0.05) is 25.3 Å². The standard InChI is InChI=1S/C22H29N3O4S2/c26-22(18-9-5-13-25(15-18)31(27,28)20-11-6-14-30-20)24-21-19(10-4-12-23-21)29-16-17-7-2-1-3-8-17/h4,6,10-12,14,17-18H,1-3,5,7-9,13,15-16H2,(H,23,24,26). The van der Waals surface area contributed by atoms with Crippen LogP contribution in [0.5, 0.6) is 5.75 Å². The largest absolute Gasteiger partial charge is 0.489 e. The number of rotatable bonds is 7. The van der Waals surface area contributed by atoms with Crippen molar-refractivity contribution in [2.75, 3.05) is 25.0 Å². The van der Waals surface area contributed by atoms with Gasteiger partial charge in [-0.2, -0.15) is 4.31 Å². The molecule has 1 N–H and O–H groups in total. The van der Waals surface area contributed by atoms with Crippen LogP contribution in [0.1, 0.15) is 44.9 Å². The summed E-state index contributed by atoms with van der Waals surface area (Å²) < 4.78 is 33.4. The van der Waals surface area contributed by atoms with Gasteiger partial charge in [-0.05, 0) is 55.2 Å². The van der Waals surface area contributed by atoms with Crippen molar-refractivity contribution in [2.24, 2.45) is 11.8 Å². The number of carbonyl (C=O) groups excluding carboxylic acids is 1. The van der Waals surface area contributed by atoms with Gasteiger partial charge in [0.25, 0.3) is 10.0 Å². The van der Waals surface area contributed by atoms with E-state index in [-0.39, 0.29) is 12.5 Å². The van der Waals surface area contributed by atoms with Crippen LogP contribution >= 0.6 is 11.3 Å². The van der Waals surface area contributed by atoms with Crippen molar-refractivity contribution in [1.29, 1.82) is 0 Å². The number of hydrogen-bond donors (Lipinski definition) is 1. The molecule has 1 atom stereocenters. The molecule has 2 fully saturated rings. The minimum absolute atomic E-state index is 0.178. The monoisotopic (exact) mass is 463 g/mol. The van der Waals surface area contributed by atoms with Crippen LogP contribution in [0.2, 0.25) is 0 Å². The number of sulfonamides is 1. The average Bonchev–Trinajstić information content (AvgIpc) is 3.35. The van der Waals surface area contributed by atoms with Gasteiger partial charge in [-0.3, -0.25) is 4.79 Å². The van der Waals surface area contributed by atoms with E-state index in [1.54, 1.807) is 29.8 Å². The van der Waals surface area contributed by atoms with Crippen molar-refractivity contribution in [3.8, 4) is 5.75 Å². The van der Waals surface area contributed by atoms with E-state index in [2.05, 4.69) is 10.3 Å². The first kappa shape index (κ1) is 22.2. The van der Waals surface area contributed by atoms with Crippen LogP contribution in [0.4, 0.5) is 5.82 Å². The second kappa shape index (κ2) is 10.1. The van der Waals surface area contributed by atoms with Crippen LogP contribution in [-0.4, -0.2) is 43.3 Å². The van der Waals surface area contributed by atoms with Gasteiger partial charge in [0.2, 0.25) is 5.91 Å². The molecule has 31 heavy (non-hydrogen) atoms. The van der Waals surface area contributed by atoms with Crippen LogP contribution in [-0.2, 0) is 14.8 Å². The van der Waals surface area contributed by atoms with E-state index >= 15 is 0 Å². The molecular weight excluding hydrogens is 434 g/mol. The third kappa shape index (κ3) is 5.45. The third-order valence-corrected chi connectivity index (χ3v) is 9.29. The second-order valence-electron chi connectivity index (χ2n) is 8.29. The summed E-state index contributed by atoms with van der Waals surface area (Å²) in [6.45, 7) is 1.24. The minimum Gasteiger partial charge on any atom is -0.489 e. The van der Waals surface area contributed by atoms with Crippen LogP contribution < -0.4 is 10.1 Å². The first-order valence-electron chi connectivity index (χ1n) is 11.0. The van der Waals surface area contributed by atoms with Crippen LogP contribution in [0.25, 0.3) is 0 Å². The summed E-state index contributed by atoms with van der Waals surface area (Å²) in [6, 6.07) is 6.94. The Balaban J connectivity index is 1.39. The molecule has 0 radical (unpaired) electrons. The van der Waals surface area contributed by atoms with E-state index in [0.29, 0.717) is 47.7 Å². The Kier molecular flexibility index (Phi) is 7.24. The summed E-state index contributed by atoms with van der Waals surface area (Å²) in [5, 5.41) is 4.63. The molecule has 0 bridgehead atoms. The lowest BCUT2D eigenvalue weighted by atomic mass is 9.90. The first-order chi connectivity index (χ1) is 15.0. The molecule has 1 aliphatic heterocycles. The fraction of sp³-hybridized carbons (Fsp3) is 0.545. The van der Waals surface area contributed by atoms with E-state index in [4.69, 9.17) is 4.74 Å². The Hall–Kier alpha value is -1.97. The highest BCUT2D eigenvalue weighted by Gasteiger charge is 2.34. The first-order valence-corrected chi connectivity index (χ1v) is 13.3. The molecular formula is C22H29N3O4S2. The fourth-order valence-electron chi connectivity index (χ4n) is 4.29. The molecule has 1 unspecified atom stereocenters. The topological polar surface area (TPSA) is 88.6 Å². The molecule has 1 amide bonds. The summed E-state index contributed by atoms with van der Waals surface area (Å²) in [7, 11) is -3.56. The molecule has 1 saturated heterocycles. The fourth-order valence-corrected chi connectivity index (χ4v) is 6.96. The number of nitrogens with one attached hydrogen (secondary N) is 1. The van der Waals surface area contributed by atoms with Crippen molar-refractivity contribution in [3.63, 3.8) is 0 Å². The molecule has 2 aromatic heterocycles. The lowest BCUT2D eigenvalue weighted by Gasteiger charge is -2.30. The maximum absolute atomic E-state index is 13.0. The molecule has 4 rings (SSSR count). The lowest BCUT2D eigenvalue weighted by molar-refractivity contribution is -0.120. The summed E-state index contributed by atoms with van der Waals surface area (Å²) in [6.07, 6.45) is 9.07. The number of ether oxygens (including phenoxy) is 1. The molecule has 9 heteroatoms. The van der Waals surface area contributed by atoms with Gasteiger partial charge in [-0.15, -0.1) is 11.3 Å². The average molecular weight is 464 g/mol. The van der Waals surface area contributed by atoms with Gasteiger partial charge in [0, 0.05) is 19.3 Å². The maximum atomic E-state index is 13.0. The molecule has 2 aromatic rings. The minimum atomic E-state index is -3.56. The van der Waals surface area contributed by atoms with Gasteiger partial charge in [0.05, 0.1) is 12.5 Å². The van der Waals surface area contributed by atoms with E-state index in [1.807, 2.05) is 6.07 Å². The number of thiophene rings is 1. The smallest absolute Gasteiger partial charge is 0.252 e. The van der Waals surface area contributed by atoms with Crippen molar-refractivity contribution >= 4 is 33.1 Å². The lowest BCUT2D eigenvalue weighted by Crippen LogP contribution is -2.43. The molecule has 1 saturated carbocycles. The maximum Gasteiger partial charge on any atom is 0.252 e. The van der Waals surface area contributed by atoms with Gasteiger partial charge in [0.15, 0.2) is 11.6 Å². The van der Waals surface area contributed by atoms with E-state index in [0.717, 1.165) is 0 Å². The van der Waals surface area contributed by atoms with Gasteiger partial charge < -0.3 is 10.1 Å². The van der Waals surface area contributed by atoms with Crippen LogP contribution in [0, 0.1) is 11.8 Å². The molecule has 0 aromatic carbocycles. The third-order valence-electron chi connectivity index (χ3n) is 6.06. The van der Waals surface area contributed by atoms with Crippen molar-refractivity contribution in [2.45, 2.75) is 49.2 Å². The number of pyridine rings is 1. The molecule has 7 nitrogen and oxygen atoms in total. The molecule has 3 heterocycles. The number of nitrogens with zero attached hydrogens (tertiary/aromatic N) is 2. The summed E-state index contributed by atoms with van der Waals surface area (Å²) >= 11 is 1.20. The number of hydrogen-bond acceptors (Lipinski definition) is 6. The zero-order valence-electron chi connectivity index (χ0n) is 17.5. The van der Waals surface area contributed by atoms with Crippen LogP contribution in [0.15, 0.2) is 40.1 Å². The summed E-state index contributed by atoms with van der Waals surface area (Å²) in [5.74, 6) is 0.887. The molecule has 168 valence electrons. The van der Waals surface area contributed by atoms with Crippen LogP contribution in [0.3, 0.4) is 0 Å². The summed E-state index contributed by atoms with van der Waals surface area (Å²) in [4.78, 5) is 17.3. The Bertz CT molecular complexity index is 972. The Labute approximate surface area is 187 Å². The predicted molar refractivity (Wildman–Crippen MR) is 121 cm³/mol. The zero-order valence-corrected chi connectivity index (χ0v) is 19.2. The SMILES string of the molecule is O=C(Nc1ncccc1OCC1CCCCC1)C1CCCN(S(=O)(=O)c2cccs2)C1. The summed E-state index contributed by atoms with van der Waals surface area (Å²) in [5.41, 5.74) is 0. The van der Waals surface area contributed by atoms with E-state index in [9.17, 15) is 13.2 Å². The van der Waals surface area contributed by atoms with E-state index < -0.39 is 15.9 Å². The highest BCUT2D eigenvalue weighted by molar-refractivity contribution is 7.91. The molecule has 0 spiro atoms. The number of piperidine rings is 1. The Morgan fingerprint density at radius 2 is 2.00 bits per heavy atom. The van der Waals surface area contributed by atoms with E-state index in [1.165, 1.54) is 47.7 Å².